The van der Waals surface area contributed by atoms with Gasteiger partial charge in [-0.1, -0.05) is 19.9 Å². The molecule has 0 saturated heterocycles. The van der Waals surface area contributed by atoms with Crippen LogP contribution in [-0.4, -0.2) is 24.2 Å². The van der Waals surface area contributed by atoms with Crippen molar-refractivity contribution in [2.45, 2.75) is 45.8 Å². The van der Waals surface area contributed by atoms with Gasteiger partial charge in [0.05, 0.1) is 6.10 Å². The highest BCUT2D eigenvalue weighted by atomic mass is 35.5. The van der Waals surface area contributed by atoms with Crippen LogP contribution in [0.4, 0.5) is 10.1 Å². The van der Waals surface area contributed by atoms with E-state index in [0.29, 0.717) is 24.3 Å². The zero-order chi connectivity index (χ0) is 15.8. The van der Waals surface area contributed by atoms with Crippen molar-refractivity contribution in [3.05, 3.63) is 29.6 Å². The van der Waals surface area contributed by atoms with E-state index < -0.39 is 11.0 Å². The predicted octanol–water partition coefficient (Wildman–Crippen LogP) is 3.03. The highest BCUT2D eigenvalue weighted by Gasteiger charge is 2.62. The Balaban J connectivity index is 0.00000242. The van der Waals surface area contributed by atoms with E-state index >= 15 is 0 Å². The molecule has 6 heteroatoms. The van der Waals surface area contributed by atoms with Crippen LogP contribution in [-0.2, 0) is 9.53 Å². The van der Waals surface area contributed by atoms with Crippen LogP contribution in [0.15, 0.2) is 18.2 Å². The van der Waals surface area contributed by atoms with Crippen molar-refractivity contribution in [2.24, 2.45) is 11.1 Å². The standard InChI is InChI=1S/C16H23FN2O2.ClH/c1-5-21-13-9-16(18,15(13,3)4)14(20)19-12-8-6-7-11(17)10(12)2;/h6-8,13H,5,9,18H2,1-4H3,(H,19,20);1H. The highest BCUT2D eigenvalue weighted by molar-refractivity contribution is 6.00. The second kappa shape index (κ2) is 6.52. The summed E-state index contributed by atoms with van der Waals surface area (Å²) in [7, 11) is 0. The molecule has 1 aromatic rings. The number of carbonyl (C=O) groups is 1. The molecule has 1 fully saturated rings. The normalized spacial score (nSPS) is 25.8. The molecule has 1 aliphatic carbocycles. The second-order valence-electron chi connectivity index (χ2n) is 6.21. The second-order valence-corrected chi connectivity index (χ2v) is 6.21. The number of hydrogen-bond donors (Lipinski definition) is 2. The van der Waals surface area contributed by atoms with Gasteiger partial charge in [-0.15, -0.1) is 12.4 Å². The van der Waals surface area contributed by atoms with Gasteiger partial charge >= 0.3 is 0 Å². The fourth-order valence-electron chi connectivity index (χ4n) is 2.80. The smallest absolute Gasteiger partial charge is 0.245 e. The number of carbonyl (C=O) groups excluding carboxylic acids is 1. The summed E-state index contributed by atoms with van der Waals surface area (Å²) in [6.07, 6.45) is 0.431. The minimum atomic E-state index is -1.01. The summed E-state index contributed by atoms with van der Waals surface area (Å²) in [5.41, 5.74) is 5.69. The van der Waals surface area contributed by atoms with Crippen molar-refractivity contribution in [3.8, 4) is 0 Å². The van der Waals surface area contributed by atoms with Crippen molar-refractivity contribution < 1.29 is 13.9 Å². The fourth-order valence-corrected chi connectivity index (χ4v) is 2.80. The topological polar surface area (TPSA) is 64.3 Å². The molecule has 2 atom stereocenters. The molecular formula is C16H24ClFN2O2. The molecule has 0 aromatic heterocycles. The van der Waals surface area contributed by atoms with Crippen LogP contribution in [0.25, 0.3) is 0 Å². The van der Waals surface area contributed by atoms with E-state index in [0.717, 1.165) is 0 Å². The molecule has 0 aliphatic heterocycles. The molecule has 0 spiro atoms. The summed E-state index contributed by atoms with van der Waals surface area (Å²) in [5.74, 6) is -0.643. The summed E-state index contributed by atoms with van der Waals surface area (Å²) >= 11 is 0. The Bertz CT molecular complexity index is 565. The summed E-state index contributed by atoms with van der Waals surface area (Å²) < 4.78 is 19.1. The van der Waals surface area contributed by atoms with Crippen molar-refractivity contribution in [2.75, 3.05) is 11.9 Å². The van der Waals surface area contributed by atoms with Gasteiger partial charge in [-0.2, -0.15) is 0 Å². The minimum absolute atomic E-state index is 0. The molecule has 1 amide bonds. The predicted molar refractivity (Wildman–Crippen MR) is 87.7 cm³/mol. The third kappa shape index (κ3) is 2.85. The number of rotatable bonds is 4. The molecule has 2 unspecified atom stereocenters. The fraction of sp³-hybridized carbons (Fsp3) is 0.562. The first kappa shape index (κ1) is 18.9. The van der Waals surface area contributed by atoms with Gasteiger partial charge in [0.2, 0.25) is 5.91 Å². The zero-order valence-corrected chi connectivity index (χ0v) is 14.2. The minimum Gasteiger partial charge on any atom is -0.378 e. The lowest BCUT2D eigenvalue weighted by molar-refractivity contribution is -0.166. The van der Waals surface area contributed by atoms with Gasteiger partial charge in [0.1, 0.15) is 11.4 Å². The number of hydrogen-bond acceptors (Lipinski definition) is 3. The Morgan fingerprint density at radius 2 is 2.14 bits per heavy atom. The number of halogens is 2. The number of ether oxygens (including phenoxy) is 1. The van der Waals surface area contributed by atoms with Crippen molar-refractivity contribution in [3.63, 3.8) is 0 Å². The molecule has 124 valence electrons. The van der Waals surface area contributed by atoms with Gasteiger partial charge in [-0.05, 0) is 26.0 Å². The van der Waals surface area contributed by atoms with Gasteiger partial charge in [-0.3, -0.25) is 4.79 Å². The molecule has 22 heavy (non-hydrogen) atoms. The average Bonchev–Trinajstić information content (AvgIpc) is 2.43. The monoisotopic (exact) mass is 330 g/mol. The Morgan fingerprint density at radius 1 is 1.50 bits per heavy atom. The summed E-state index contributed by atoms with van der Waals surface area (Å²) in [6.45, 7) is 7.99. The third-order valence-electron chi connectivity index (χ3n) is 4.75. The van der Waals surface area contributed by atoms with Crippen molar-refractivity contribution in [1.29, 1.82) is 0 Å². The van der Waals surface area contributed by atoms with E-state index in [1.807, 2.05) is 20.8 Å². The van der Waals surface area contributed by atoms with Crippen molar-refractivity contribution >= 4 is 24.0 Å². The number of anilines is 1. The van der Waals surface area contributed by atoms with Crippen molar-refractivity contribution in [1.82, 2.24) is 0 Å². The van der Waals surface area contributed by atoms with Crippen LogP contribution in [0.5, 0.6) is 0 Å². The summed E-state index contributed by atoms with van der Waals surface area (Å²) in [6, 6.07) is 4.60. The van der Waals surface area contributed by atoms with Gasteiger partial charge in [0.25, 0.3) is 0 Å². The first-order valence-corrected chi connectivity index (χ1v) is 7.21. The SMILES string of the molecule is CCOC1CC(N)(C(=O)Nc2cccc(F)c2C)C1(C)C.Cl. The third-order valence-corrected chi connectivity index (χ3v) is 4.75. The molecule has 0 radical (unpaired) electrons. The van der Waals surface area contributed by atoms with Crippen LogP contribution in [0, 0.1) is 18.2 Å². The maximum atomic E-state index is 13.5. The zero-order valence-electron chi connectivity index (χ0n) is 13.4. The molecule has 0 heterocycles. The molecule has 1 aromatic carbocycles. The van der Waals surface area contributed by atoms with Crippen LogP contribution < -0.4 is 11.1 Å². The van der Waals surface area contributed by atoms with Gasteiger partial charge in [0.15, 0.2) is 0 Å². The Hall–Kier alpha value is -1.17. The van der Waals surface area contributed by atoms with Crippen LogP contribution in [0.2, 0.25) is 0 Å². The Kier molecular flexibility index (Phi) is 5.60. The number of nitrogens with one attached hydrogen (secondary N) is 1. The lowest BCUT2D eigenvalue weighted by Crippen LogP contribution is -2.74. The first-order valence-electron chi connectivity index (χ1n) is 7.21. The molecule has 3 N–H and O–H groups in total. The van der Waals surface area contributed by atoms with Gasteiger partial charge in [0, 0.05) is 29.7 Å². The van der Waals surface area contributed by atoms with Crippen LogP contribution in [0.1, 0.15) is 32.8 Å². The molecular weight excluding hydrogens is 307 g/mol. The van der Waals surface area contributed by atoms with E-state index in [1.165, 1.54) is 6.07 Å². The highest BCUT2D eigenvalue weighted by Crippen LogP contribution is 2.50. The van der Waals surface area contributed by atoms with Gasteiger partial charge in [-0.25, -0.2) is 4.39 Å². The lowest BCUT2D eigenvalue weighted by atomic mass is 9.54. The van der Waals surface area contributed by atoms with Crippen LogP contribution in [0.3, 0.4) is 0 Å². The molecule has 2 rings (SSSR count). The molecule has 4 nitrogen and oxygen atoms in total. The van der Waals surface area contributed by atoms with Crippen LogP contribution >= 0.6 is 12.4 Å². The summed E-state index contributed by atoms with van der Waals surface area (Å²) in [4.78, 5) is 12.5. The summed E-state index contributed by atoms with van der Waals surface area (Å²) in [5, 5.41) is 2.75. The maximum Gasteiger partial charge on any atom is 0.245 e. The van der Waals surface area contributed by atoms with E-state index in [9.17, 15) is 9.18 Å². The number of nitrogens with two attached hydrogens (primary N) is 1. The maximum absolute atomic E-state index is 13.5. The first-order chi connectivity index (χ1) is 9.74. The van der Waals surface area contributed by atoms with E-state index in [4.69, 9.17) is 10.5 Å². The number of benzene rings is 1. The van der Waals surface area contributed by atoms with E-state index in [2.05, 4.69) is 5.32 Å². The van der Waals surface area contributed by atoms with E-state index in [1.54, 1.807) is 19.1 Å². The lowest BCUT2D eigenvalue weighted by Gasteiger charge is -2.57. The molecule has 0 bridgehead atoms. The molecule has 1 aliphatic rings. The number of amides is 1. The Labute approximate surface area is 137 Å². The van der Waals surface area contributed by atoms with E-state index in [-0.39, 0.29) is 30.2 Å². The molecule has 1 saturated carbocycles. The quantitative estimate of drug-likeness (QED) is 0.892. The Morgan fingerprint density at radius 3 is 2.68 bits per heavy atom. The largest absolute Gasteiger partial charge is 0.378 e. The van der Waals surface area contributed by atoms with Gasteiger partial charge < -0.3 is 15.8 Å². The average molecular weight is 331 g/mol.